The van der Waals surface area contributed by atoms with Crippen LogP contribution >= 0.6 is 0 Å². The monoisotopic (exact) mass is 310 g/mol. The highest BCUT2D eigenvalue weighted by molar-refractivity contribution is 5.78. The molecule has 124 valence electrons. The Morgan fingerprint density at radius 3 is 2.82 bits per heavy atom. The molecule has 3 fully saturated rings. The molecular weight excluding hydrogens is 284 g/mol. The summed E-state index contributed by atoms with van der Waals surface area (Å²) >= 11 is 0. The lowest BCUT2D eigenvalue weighted by Gasteiger charge is -2.44. The Morgan fingerprint density at radius 1 is 1.36 bits per heavy atom. The summed E-state index contributed by atoms with van der Waals surface area (Å²) in [5.74, 6) is 0.805. The quantitative estimate of drug-likeness (QED) is 0.768. The number of rotatable bonds is 3. The maximum atomic E-state index is 12.4. The molecule has 1 spiro atoms. The zero-order valence-corrected chi connectivity index (χ0v) is 13.5. The molecule has 22 heavy (non-hydrogen) atoms. The van der Waals surface area contributed by atoms with Crippen LogP contribution in [0.15, 0.2) is 0 Å². The van der Waals surface area contributed by atoms with Crippen LogP contribution in [0.5, 0.6) is 0 Å². The van der Waals surface area contributed by atoms with Gasteiger partial charge in [0.25, 0.3) is 0 Å². The average Bonchev–Trinajstić information content (AvgIpc) is 3.29. The smallest absolute Gasteiger partial charge is 0.248 e. The molecule has 1 saturated carbocycles. The molecule has 0 radical (unpaired) electrons. The van der Waals surface area contributed by atoms with E-state index >= 15 is 0 Å². The first kappa shape index (κ1) is 15.7. The van der Waals surface area contributed by atoms with Gasteiger partial charge in [-0.1, -0.05) is 0 Å². The van der Waals surface area contributed by atoms with E-state index in [1.165, 1.54) is 12.8 Å². The van der Waals surface area contributed by atoms with Gasteiger partial charge < -0.3 is 19.3 Å². The molecule has 0 N–H and O–H groups in total. The highest BCUT2D eigenvalue weighted by Gasteiger charge is 2.44. The molecule has 0 bridgehead atoms. The van der Waals surface area contributed by atoms with E-state index in [2.05, 4.69) is 0 Å². The minimum Gasteiger partial charge on any atom is -0.368 e. The lowest BCUT2D eigenvalue weighted by molar-refractivity contribution is -0.162. The van der Waals surface area contributed by atoms with Gasteiger partial charge in [0, 0.05) is 19.0 Å². The van der Waals surface area contributed by atoms with E-state index in [1.807, 2.05) is 23.6 Å². The maximum Gasteiger partial charge on any atom is 0.248 e. The van der Waals surface area contributed by atoms with Crippen LogP contribution < -0.4 is 0 Å². The van der Waals surface area contributed by atoms with Crippen molar-refractivity contribution >= 4 is 11.8 Å². The van der Waals surface area contributed by atoms with Gasteiger partial charge in [-0.2, -0.15) is 0 Å². The molecule has 1 aliphatic carbocycles. The zero-order chi connectivity index (χ0) is 15.7. The van der Waals surface area contributed by atoms with Crippen molar-refractivity contribution in [2.45, 2.75) is 44.8 Å². The van der Waals surface area contributed by atoms with Gasteiger partial charge in [-0.05, 0) is 32.6 Å². The molecule has 2 heterocycles. The second kappa shape index (κ2) is 6.16. The molecule has 2 saturated heterocycles. The second-order valence-corrected chi connectivity index (χ2v) is 7.10. The van der Waals surface area contributed by atoms with Gasteiger partial charge in [-0.25, -0.2) is 0 Å². The molecule has 3 rings (SSSR count). The Labute approximate surface area is 131 Å². The van der Waals surface area contributed by atoms with E-state index in [0.717, 1.165) is 0 Å². The van der Waals surface area contributed by atoms with E-state index in [9.17, 15) is 9.59 Å². The molecular formula is C16H26N2O4. The Bertz CT molecular complexity index is 449. The molecule has 2 amide bonds. The van der Waals surface area contributed by atoms with Crippen LogP contribution in [-0.2, 0) is 19.1 Å². The number of amides is 2. The number of hydrogen-bond donors (Lipinski definition) is 0. The molecule has 1 unspecified atom stereocenters. The molecule has 6 heteroatoms. The van der Waals surface area contributed by atoms with Crippen molar-refractivity contribution in [2.75, 3.05) is 39.5 Å². The van der Waals surface area contributed by atoms with E-state index in [1.54, 1.807) is 0 Å². The standard InChI is InChI=1S/C16H26N2O4/c1-12(2)18-10-16(11-21-8-15(18)20)9-17(5-6-22-16)14(19)7-13-3-4-13/h12-13H,3-11H2,1-2H3. The van der Waals surface area contributed by atoms with Crippen molar-refractivity contribution in [1.29, 1.82) is 0 Å². The SMILES string of the molecule is CC(C)N1CC2(COCC1=O)CN(C(=O)CC1CC1)CCO2. The number of nitrogens with zero attached hydrogens (tertiary/aromatic N) is 2. The van der Waals surface area contributed by atoms with Gasteiger partial charge >= 0.3 is 0 Å². The van der Waals surface area contributed by atoms with Gasteiger partial charge in [-0.15, -0.1) is 0 Å². The van der Waals surface area contributed by atoms with Crippen LogP contribution in [-0.4, -0.2) is 72.7 Å². The lowest BCUT2D eigenvalue weighted by Crippen LogP contribution is -2.60. The Kier molecular flexibility index (Phi) is 4.41. The largest absolute Gasteiger partial charge is 0.368 e. The first-order valence-corrected chi connectivity index (χ1v) is 8.28. The van der Waals surface area contributed by atoms with Gasteiger partial charge in [0.1, 0.15) is 12.2 Å². The topological polar surface area (TPSA) is 59.1 Å². The third kappa shape index (κ3) is 3.43. The molecule has 2 aliphatic heterocycles. The summed E-state index contributed by atoms with van der Waals surface area (Å²) in [4.78, 5) is 28.2. The number of carbonyl (C=O) groups excluding carboxylic acids is 2. The average molecular weight is 310 g/mol. The predicted molar refractivity (Wildman–Crippen MR) is 80.3 cm³/mol. The first-order valence-electron chi connectivity index (χ1n) is 8.28. The fourth-order valence-electron chi connectivity index (χ4n) is 3.26. The van der Waals surface area contributed by atoms with Crippen LogP contribution in [0.3, 0.4) is 0 Å². The van der Waals surface area contributed by atoms with Crippen LogP contribution in [0.25, 0.3) is 0 Å². The summed E-state index contributed by atoms with van der Waals surface area (Å²) in [7, 11) is 0. The van der Waals surface area contributed by atoms with Crippen molar-refractivity contribution in [3.05, 3.63) is 0 Å². The highest BCUT2D eigenvalue weighted by Crippen LogP contribution is 2.33. The zero-order valence-electron chi connectivity index (χ0n) is 13.5. The Morgan fingerprint density at radius 2 is 2.14 bits per heavy atom. The molecule has 0 aromatic carbocycles. The molecule has 1 atom stereocenters. The number of carbonyl (C=O) groups is 2. The number of hydrogen-bond acceptors (Lipinski definition) is 4. The minimum atomic E-state index is -0.576. The van der Waals surface area contributed by atoms with Gasteiger partial charge in [0.15, 0.2) is 0 Å². The van der Waals surface area contributed by atoms with Crippen LogP contribution in [0, 0.1) is 5.92 Å². The summed E-state index contributed by atoms with van der Waals surface area (Å²) in [6, 6.07) is 0.104. The van der Waals surface area contributed by atoms with Crippen molar-refractivity contribution in [3.63, 3.8) is 0 Å². The van der Waals surface area contributed by atoms with Crippen LogP contribution in [0.4, 0.5) is 0 Å². The van der Waals surface area contributed by atoms with E-state index in [-0.39, 0.29) is 24.5 Å². The maximum absolute atomic E-state index is 12.4. The van der Waals surface area contributed by atoms with E-state index < -0.39 is 5.60 Å². The summed E-state index contributed by atoms with van der Waals surface area (Å²) in [5.41, 5.74) is -0.576. The third-order valence-electron chi connectivity index (χ3n) is 4.75. The Hall–Kier alpha value is -1.14. The summed E-state index contributed by atoms with van der Waals surface area (Å²) in [6.45, 7) is 6.63. The first-order chi connectivity index (χ1) is 10.5. The van der Waals surface area contributed by atoms with E-state index in [0.29, 0.717) is 45.2 Å². The molecule has 0 aromatic rings. The van der Waals surface area contributed by atoms with Crippen LogP contribution in [0.2, 0.25) is 0 Å². The van der Waals surface area contributed by atoms with Crippen molar-refractivity contribution in [2.24, 2.45) is 5.92 Å². The summed E-state index contributed by atoms with van der Waals surface area (Å²) < 4.78 is 11.6. The van der Waals surface area contributed by atoms with Gasteiger partial charge in [0.2, 0.25) is 11.8 Å². The fourth-order valence-corrected chi connectivity index (χ4v) is 3.26. The molecule has 6 nitrogen and oxygen atoms in total. The highest BCUT2D eigenvalue weighted by atomic mass is 16.5. The number of morpholine rings is 1. The van der Waals surface area contributed by atoms with Gasteiger partial charge in [0.05, 0.1) is 26.3 Å². The second-order valence-electron chi connectivity index (χ2n) is 7.10. The van der Waals surface area contributed by atoms with Crippen molar-refractivity contribution in [1.82, 2.24) is 9.80 Å². The predicted octanol–water partition coefficient (Wildman–Crippen LogP) is 0.651. The normalized spacial score (nSPS) is 30.0. The Balaban J connectivity index is 1.69. The van der Waals surface area contributed by atoms with Gasteiger partial charge in [-0.3, -0.25) is 9.59 Å². The fraction of sp³-hybridized carbons (Fsp3) is 0.875. The minimum absolute atomic E-state index is 0.00287. The van der Waals surface area contributed by atoms with Crippen molar-refractivity contribution in [3.8, 4) is 0 Å². The molecule has 3 aliphatic rings. The third-order valence-corrected chi connectivity index (χ3v) is 4.75. The van der Waals surface area contributed by atoms with Crippen molar-refractivity contribution < 1.29 is 19.1 Å². The van der Waals surface area contributed by atoms with Crippen LogP contribution in [0.1, 0.15) is 33.1 Å². The summed E-state index contributed by atoms with van der Waals surface area (Å²) in [6.07, 6.45) is 3.02. The number of ether oxygens (including phenoxy) is 2. The lowest BCUT2D eigenvalue weighted by atomic mass is 10.0. The molecule has 0 aromatic heterocycles. The summed E-state index contributed by atoms with van der Waals surface area (Å²) in [5, 5.41) is 0. The van der Waals surface area contributed by atoms with E-state index in [4.69, 9.17) is 9.47 Å².